The van der Waals surface area contributed by atoms with Gasteiger partial charge < -0.3 is 5.32 Å². The maximum atomic E-state index is 3.22. The summed E-state index contributed by atoms with van der Waals surface area (Å²) < 4.78 is 0. The average Bonchev–Trinajstić information content (AvgIpc) is 2.15. The Morgan fingerprint density at radius 2 is 2.25 bits per heavy atom. The molecule has 0 bridgehead atoms. The maximum Gasteiger partial charge on any atom is 0.0110 e. The van der Waals surface area contributed by atoms with Crippen LogP contribution in [0.5, 0.6) is 0 Å². The van der Waals surface area contributed by atoms with E-state index in [1.165, 1.54) is 38.8 Å². The van der Waals surface area contributed by atoms with E-state index < -0.39 is 0 Å². The second-order valence-electron chi connectivity index (χ2n) is 3.70. The lowest BCUT2D eigenvalue weighted by Gasteiger charge is -2.35. The van der Waals surface area contributed by atoms with Crippen LogP contribution in [0, 0.1) is 0 Å². The molecule has 0 amide bonds. The van der Waals surface area contributed by atoms with Gasteiger partial charge in [0.25, 0.3) is 0 Å². The second-order valence-corrected chi connectivity index (χ2v) is 3.70. The largest absolute Gasteiger partial charge is 0.318 e. The zero-order valence-electron chi connectivity index (χ0n) is 8.47. The van der Waals surface area contributed by atoms with Crippen LogP contribution in [0.1, 0.15) is 32.6 Å². The molecule has 0 spiro atoms. The van der Waals surface area contributed by atoms with Gasteiger partial charge in [0, 0.05) is 19.1 Å². The molecule has 1 fully saturated rings. The normalized spacial score (nSPS) is 26.0. The van der Waals surface area contributed by atoms with E-state index in [2.05, 4.69) is 17.1 Å². The van der Waals surface area contributed by atoms with E-state index in [0.717, 1.165) is 12.6 Å². The van der Waals surface area contributed by atoms with Gasteiger partial charge in [-0.15, -0.1) is 0 Å². The zero-order valence-corrected chi connectivity index (χ0v) is 8.47. The van der Waals surface area contributed by atoms with Crippen LogP contribution >= 0.6 is 0 Å². The fraction of sp³-hybridized carbons (Fsp3) is 1.00. The predicted molar refractivity (Wildman–Crippen MR) is 53.4 cm³/mol. The number of hydrogen-bond acceptors (Lipinski definition) is 2. The molecular weight excluding hydrogens is 148 g/mol. The monoisotopic (exact) mass is 170 g/mol. The molecule has 0 aromatic rings. The fourth-order valence-electron chi connectivity index (χ4n) is 2.07. The van der Waals surface area contributed by atoms with Crippen molar-refractivity contribution in [2.45, 2.75) is 38.6 Å². The number of piperidine rings is 1. The molecule has 1 saturated heterocycles. The average molecular weight is 170 g/mol. The zero-order chi connectivity index (χ0) is 8.81. The molecule has 0 radical (unpaired) electrons. The summed E-state index contributed by atoms with van der Waals surface area (Å²) in [5.74, 6) is 0. The van der Waals surface area contributed by atoms with Crippen molar-refractivity contribution in [2.24, 2.45) is 0 Å². The van der Waals surface area contributed by atoms with Gasteiger partial charge in [-0.1, -0.05) is 13.3 Å². The Kier molecular flexibility index (Phi) is 4.62. The minimum atomic E-state index is 0.868. The molecular formula is C10H22N2. The second kappa shape index (κ2) is 5.55. The van der Waals surface area contributed by atoms with Crippen molar-refractivity contribution in [2.75, 3.05) is 26.7 Å². The van der Waals surface area contributed by atoms with E-state index in [1.807, 2.05) is 7.05 Å². The molecule has 1 atom stereocenters. The summed E-state index contributed by atoms with van der Waals surface area (Å²) in [5, 5.41) is 3.22. The van der Waals surface area contributed by atoms with Gasteiger partial charge in [0.2, 0.25) is 0 Å². The summed E-state index contributed by atoms with van der Waals surface area (Å²) in [5.41, 5.74) is 0. The van der Waals surface area contributed by atoms with Crippen molar-refractivity contribution >= 4 is 0 Å². The molecule has 0 saturated carbocycles. The minimum absolute atomic E-state index is 0.868. The molecule has 0 aromatic carbocycles. The third kappa shape index (κ3) is 2.76. The molecule has 0 aromatic heterocycles. The Balaban J connectivity index is 2.26. The SMILES string of the molecule is CCC1CCCCN1CCNC. The first-order valence-electron chi connectivity index (χ1n) is 5.27. The Morgan fingerprint density at radius 3 is 2.92 bits per heavy atom. The lowest BCUT2D eigenvalue weighted by molar-refractivity contribution is 0.146. The minimum Gasteiger partial charge on any atom is -0.318 e. The summed E-state index contributed by atoms with van der Waals surface area (Å²) in [6.45, 7) is 5.99. The first-order chi connectivity index (χ1) is 5.88. The van der Waals surface area contributed by atoms with Gasteiger partial charge in [-0.25, -0.2) is 0 Å². The standard InChI is InChI=1S/C10H22N2/c1-3-10-6-4-5-8-12(10)9-7-11-2/h10-11H,3-9H2,1-2H3. The predicted octanol–water partition coefficient (Wildman–Crippen LogP) is 1.47. The molecule has 2 heteroatoms. The molecule has 1 heterocycles. The van der Waals surface area contributed by atoms with Crippen LogP contribution in [0.15, 0.2) is 0 Å². The van der Waals surface area contributed by atoms with E-state index in [9.17, 15) is 0 Å². The first-order valence-corrected chi connectivity index (χ1v) is 5.27. The molecule has 1 N–H and O–H groups in total. The lowest BCUT2D eigenvalue weighted by atomic mass is 10.0. The van der Waals surface area contributed by atoms with Gasteiger partial charge in [0.15, 0.2) is 0 Å². The fourth-order valence-corrected chi connectivity index (χ4v) is 2.07. The summed E-state index contributed by atoms with van der Waals surface area (Å²) in [7, 11) is 2.03. The van der Waals surface area contributed by atoms with Gasteiger partial charge in [0.05, 0.1) is 0 Å². The van der Waals surface area contributed by atoms with Crippen LogP contribution in [-0.2, 0) is 0 Å². The van der Waals surface area contributed by atoms with E-state index in [-0.39, 0.29) is 0 Å². The van der Waals surface area contributed by atoms with Crippen LogP contribution in [-0.4, -0.2) is 37.6 Å². The highest BCUT2D eigenvalue weighted by molar-refractivity contribution is 4.75. The maximum absolute atomic E-state index is 3.22. The highest BCUT2D eigenvalue weighted by Gasteiger charge is 2.19. The summed E-state index contributed by atoms with van der Waals surface area (Å²) in [6, 6.07) is 0.868. The molecule has 1 aliphatic rings. The molecule has 0 aliphatic carbocycles. The van der Waals surface area contributed by atoms with E-state index in [1.54, 1.807) is 0 Å². The number of rotatable bonds is 4. The molecule has 1 aliphatic heterocycles. The van der Waals surface area contributed by atoms with Gasteiger partial charge in [0.1, 0.15) is 0 Å². The van der Waals surface area contributed by atoms with Gasteiger partial charge in [-0.2, -0.15) is 0 Å². The van der Waals surface area contributed by atoms with Gasteiger partial charge in [-0.05, 0) is 32.9 Å². The van der Waals surface area contributed by atoms with Crippen LogP contribution in [0.3, 0.4) is 0 Å². The Hall–Kier alpha value is -0.0800. The quantitative estimate of drug-likeness (QED) is 0.687. The van der Waals surface area contributed by atoms with E-state index >= 15 is 0 Å². The van der Waals surface area contributed by atoms with Crippen LogP contribution in [0.25, 0.3) is 0 Å². The van der Waals surface area contributed by atoms with Crippen molar-refractivity contribution in [3.63, 3.8) is 0 Å². The van der Waals surface area contributed by atoms with Crippen molar-refractivity contribution < 1.29 is 0 Å². The van der Waals surface area contributed by atoms with Crippen molar-refractivity contribution in [1.29, 1.82) is 0 Å². The van der Waals surface area contributed by atoms with Gasteiger partial charge >= 0.3 is 0 Å². The number of likely N-dealkylation sites (N-methyl/N-ethyl adjacent to an activating group) is 1. The smallest absolute Gasteiger partial charge is 0.0110 e. The molecule has 1 unspecified atom stereocenters. The number of nitrogens with one attached hydrogen (secondary N) is 1. The summed E-state index contributed by atoms with van der Waals surface area (Å²) in [4.78, 5) is 2.64. The topological polar surface area (TPSA) is 15.3 Å². The molecule has 12 heavy (non-hydrogen) atoms. The highest BCUT2D eigenvalue weighted by atomic mass is 15.2. The van der Waals surface area contributed by atoms with Crippen LogP contribution in [0.4, 0.5) is 0 Å². The Labute approximate surface area is 76.3 Å². The lowest BCUT2D eigenvalue weighted by Crippen LogP contribution is -2.42. The van der Waals surface area contributed by atoms with Crippen LogP contribution in [0.2, 0.25) is 0 Å². The van der Waals surface area contributed by atoms with Crippen molar-refractivity contribution in [3.05, 3.63) is 0 Å². The third-order valence-electron chi connectivity index (χ3n) is 2.87. The molecule has 1 rings (SSSR count). The number of likely N-dealkylation sites (tertiary alicyclic amines) is 1. The third-order valence-corrected chi connectivity index (χ3v) is 2.87. The van der Waals surface area contributed by atoms with Crippen LogP contribution < -0.4 is 5.32 Å². The number of nitrogens with zero attached hydrogens (tertiary/aromatic N) is 1. The molecule has 72 valence electrons. The van der Waals surface area contributed by atoms with E-state index in [4.69, 9.17) is 0 Å². The van der Waals surface area contributed by atoms with Crippen molar-refractivity contribution in [3.8, 4) is 0 Å². The first kappa shape index (κ1) is 10.0. The Morgan fingerprint density at radius 1 is 1.42 bits per heavy atom. The van der Waals surface area contributed by atoms with Crippen molar-refractivity contribution in [1.82, 2.24) is 10.2 Å². The van der Waals surface area contributed by atoms with E-state index in [0.29, 0.717) is 0 Å². The Bertz CT molecular complexity index is 114. The van der Waals surface area contributed by atoms with Gasteiger partial charge in [-0.3, -0.25) is 4.90 Å². The summed E-state index contributed by atoms with van der Waals surface area (Å²) >= 11 is 0. The summed E-state index contributed by atoms with van der Waals surface area (Å²) in [6.07, 6.45) is 5.58. The highest BCUT2D eigenvalue weighted by Crippen LogP contribution is 2.18. The molecule has 2 nitrogen and oxygen atoms in total. The number of hydrogen-bond donors (Lipinski definition) is 1.